The minimum absolute atomic E-state index is 0.429. The highest BCUT2D eigenvalue weighted by molar-refractivity contribution is 6.19. The van der Waals surface area contributed by atoms with Crippen molar-refractivity contribution in [1.82, 2.24) is 10.2 Å². The molecule has 0 bridgehead atoms. The topological polar surface area (TPSA) is 66.5 Å². The number of rotatable bonds is 1. The molecule has 0 aromatic rings. The van der Waals surface area contributed by atoms with Crippen LogP contribution in [-0.2, 0) is 9.59 Å². The fourth-order valence-corrected chi connectivity index (χ4v) is 2.72. The van der Waals surface area contributed by atoms with E-state index in [1.165, 1.54) is 0 Å². The molecule has 5 nitrogen and oxygen atoms in total. The fourth-order valence-electron chi connectivity index (χ4n) is 2.72. The second kappa shape index (κ2) is 4.45. The number of amides is 4. The first-order chi connectivity index (χ1) is 8.53. The third-order valence-electron chi connectivity index (χ3n) is 3.84. The number of nitrogens with zero attached hydrogens (tertiary/aromatic N) is 1. The predicted molar refractivity (Wildman–Crippen MR) is 64.2 cm³/mol. The molecule has 0 aromatic heterocycles. The predicted octanol–water partition coefficient (Wildman–Crippen LogP) is 1.04. The summed E-state index contributed by atoms with van der Waals surface area (Å²) in [7, 11) is 0. The average Bonchev–Trinajstić information content (AvgIpc) is 2.37. The lowest BCUT2D eigenvalue weighted by molar-refractivity contribution is -0.154. The Bertz CT molecular complexity index is 444. The van der Waals surface area contributed by atoms with Crippen LogP contribution in [0.5, 0.6) is 0 Å². The van der Waals surface area contributed by atoms with Crippen molar-refractivity contribution in [2.45, 2.75) is 45.1 Å². The molecular formula is C13H16N2O3. The summed E-state index contributed by atoms with van der Waals surface area (Å²) in [5, 5.41) is 2.27. The second-order valence-electron chi connectivity index (χ2n) is 4.92. The molecule has 0 radical (unpaired) electrons. The average molecular weight is 248 g/mol. The Morgan fingerprint density at radius 1 is 1.28 bits per heavy atom. The number of carbonyl (C=O) groups excluding carboxylic acids is 3. The van der Waals surface area contributed by atoms with Crippen molar-refractivity contribution in [2.75, 3.05) is 0 Å². The van der Waals surface area contributed by atoms with E-state index in [1.54, 1.807) is 6.92 Å². The molecule has 18 heavy (non-hydrogen) atoms. The molecule has 5 heteroatoms. The van der Waals surface area contributed by atoms with Crippen LogP contribution >= 0.6 is 0 Å². The highest BCUT2D eigenvalue weighted by Gasteiger charge is 2.54. The molecule has 2 aliphatic rings. The van der Waals surface area contributed by atoms with E-state index in [-0.39, 0.29) is 0 Å². The van der Waals surface area contributed by atoms with Gasteiger partial charge >= 0.3 is 6.03 Å². The monoisotopic (exact) mass is 248 g/mol. The first-order valence-corrected chi connectivity index (χ1v) is 6.18. The van der Waals surface area contributed by atoms with Crippen molar-refractivity contribution in [1.29, 1.82) is 0 Å². The molecule has 1 aliphatic heterocycles. The lowest BCUT2D eigenvalue weighted by atomic mass is 9.71. The molecule has 1 saturated carbocycles. The van der Waals surface area contributed by atoms with Crippen LogP contribution in [0.2, 0.25) is 0 Å². The number of hydrogen-bond donors (Lipinski definition) is 1. The number of hydrogen-bond acceptors (Lipinski definition) is 3. The van der Waals surface area contributed by atoms with Gasteiger partial charge in [0.15, 0.2) is 0 Å². The zero-order chi connectivity index (χ0) is 13.3. The van der Waals surface area contributed by atoms with E-state index in [0.29, 0.717) is 12.8 Å². The molecule has 1 heterocycles. The highest BCUT2D eigenvalue weighted by Crippen LogP contribution is 2.40. The van der Waals surface area contributed by atoms with E-state index < -0.39 is 29.3 Å². The minimum atomic E-state index is -1.07. The van der Waals surface area contributed by atoms with Crippen LogP contribution in [0.3, 0.4) is 0 Å². The fraction of sp³-hybridized carbons (Fsp3) is 0.615. The van der Waals surface area contributed by atoms with Crippen LogP contribution in [0.1, 0.15) is 39.0 Å². The van der Waals surface area contributed by atoms with E-state index in [2.05, 4.69) is 11.2 Å². The van der Waals surface area contributed by atoms with Gasteiger partial charge in [0, 0.05) is 0 Å². The van der Waals surface area contributed by atoms with E-state index in [0.717, 1.165) is 24.2 Å². The van der Waals surface area contributed by atoms with E-state index in [4.69, 9.17) is 6.42 Å². The molecule has 1 N–H and O–H groups in total. The molecular weight excluding hydrogens is 232 g/mol. The van der Waals surface area contributed by atoms with Crippen molar-refractivity contribution in [2.24, 2.45) is 5.41 Å². The van der Waals surface area contributed by atoms with E-state index >= 15 is 0 Å². The summed E-state index contributed by atoms with van der Waals surface area (Å²) in [6, 6.07) is -1.34. The second-order valence-corrected chi connectivity index (χ2v) is 4.92. The van der Waals surface area contributed by atoms with Gasteiger partial charge in [0.05, 0.1) is 6.04 Å². The largest absolute Gasteiger partial charge is 0.331 e. The van der Waals surface area contributed by atoms with E-state index in [9.17, 15) is 14.4 Å². The zero-order valence-corrected chi connectivity index (χ0v) is 10.4. The van der Waals surface area contributed by atoms with Gasteiger partial charge in [-0.2, -0.15) is 0 Å². The normalized spacial score (nSPS) is 24.7. The number of carbonyl (C=O) groups is 3. The summed E-state index contributed by atoms with van der Waals surface area (Å²) in [5.41, 5.74) is -1.07. The molecule has 2 rings (SSSR count). The van der Waals surface area contributed by atoms with Crippen molar-refractivity contribution < 1.29 is 14.4 Å². The van der Waals surface area contributed by atoms with Gasteiger partial charge in [-0.3, -0.25) is 14.9 Å². The third kappa shape index (κ3) is 1.69. The Labute approximate surface area is 106 Å². The Hall–Kier alpha value is -1.83. The van der Waals surface area contributed by atoms with Gasteiger partial charge in [-0.15, -0.1) is 6.42 Å². The van der Waals surface area contributed by atoms with Crippen LogP contribution in [0, 0.1) is 17.8 Å². The summed E-state index contributed by atoms with van der Waals surface area (Å²) in [6.45, 7) is 1.60. The maximum absolute atomic E-state index is 12.5. The van der Waals surface area contributed by atoms with Crippen LogP contribution in [0.15, 0.2) is 0 Å². The Balaban J connectivity index is 2.37. The van der Waals surface area contributed by atoms with Crippen LogP contribution in [0.4, 0.5) is 4.79 Å². The summed E-state index contributed by atoms with van der Waals surface area (Å²) in [4.78, 5) is 37.2. The molecule has 4 amide bonds. The maximum atomic E-state index is 12.5. The third-order valence-corrected chi connectivity index (χ3v) is 3.84. The quantitative estimate of drug-likeness (QED) is 0.557. The van der Waals surface area contributed by atoms with Crippen LogP contribution in [-0.4, -0.2) is 28.8 Å². The van der Waals surface area contributed by atoms with Gasteiger partial charge in [0.2, 0.25) is 11.8 Å². The van der Waals surface area contributed by atoms with Crippen LogP contribution < -0.4 is 5.32 Å². The lowest BCUT2D eigenvalue weighted by Crippen LogP contribution is -2.65. The molecule has 1 aliphatic carbocycles. The first-order valence-electron chi connectivity index (χ1n) is 6.18. The Kier molecular flexibility index (Phi) is 3.12. The van der Waals surface area contributed by atoms with E-state index in [1.807, 2.05) is 0 Å². The number of terminal acetylenes is 1. The van der Waals surface area contributed by atoms with Crippen molar-refractivity contribution in [3.05, 3.63) is 0 Å². The standard InChI is InChI=1S/C13H16N2O3/c1-3-9(2)15-11(17)13(7-5-4-6-8-13)10(16)14-12(15)18/h1,9H,4-8H2,2H3,(H,14,16,18). The van der Waals surface area contributed by atoms with Gasteiger partial charge in [-0.1, -0.05) is 25.2 Å². The lowest BCUT2D eigenvalue weighted by Gasteiger charge is -2.42. The van der Waals surface area contributed by atoms with Gasteiger partial charge in [0.25, 0.3) is 0 Å². The molecule has 2 fully saturated rings. The molecule has 0 aromatic carbocycles. The Morgan fingerprint density at radius 2 is 1.89 bits per heavy atom. The summed E-state index contributed by atoms with van der Waals surface area (Å²) in [6.07, 6.45) is 8.93. The molecule has 1 atom stereocenters. The molecule has 1 saturated heterocycles. The zero-order valence-electron chi connectivity index (χ0n) is 10.4. The number of imide groups is 2. The number of barbiturate groups is 1. The summed E-state index contributed by atoms with van der Waals surface area (Å²) >= 11 is 0. The van der Waals surface area contributed by atoms with Crippen molar-refractivity contribution in [3.63, 3.8) is 0 Å². The maximum Gasteiger partial charge on any atom is 0.331 e. The van der Waals surface area contributed by atoms with Gasteiger partial charge in [0.1, 0.15) is 5.41 Å². The minimum Gasteiger partial charge on any atom is -0.277 e. The SMILES string of the molecule is C#CC(C)N1C(=O)NC(=O)C2(CCCCC2)C1=O. The molecule has 96 valence electrons. The van der Waals surface area contributed by atoms with Gasteiger partial charge in [-0.25, -0.2) is 9.69 Å². The van der Waals surface area contributed by atoms with Gasteiger partial charge < -0.3 is 0 Å². The van der Waals surface area contributed by atoms with Gasteiger partial charge in [-0.05, 0) is 19.8 Å². The highest BCUT2D eigenvalue weighted by atomic mass is 16.2. The summed E-state index contributed by atoms with van der Waals surface area (Å²) in [5.74, 6) is 1.48. The van der Waals surface area contributed by atoms with Crippen molar-refractivity contribution >= 4 is 17.8 Å². The number of nitrogens with one attached hydrogen (secondary N) is 1. The van der Waals surface area contributed by atoms with Crippen molar-refractivity contribution in [3.8, 4) is 12.3 Å². The first kappa shape index (κ1) is 12.6. The van der Waals surface area contributed by atoms with Crippen LogP contribution in [0.25, 0.3) is 0 Å². The Morgan fingerprint density at radius 3 is 2.44 bits per heavy atom. The number of urea groups is 1. The smallest absolute Gasteiger partial charge is 0.277 e. The molecule has 1 spiro atoms. The molecule has 1 unspecified atom stereocenters. The summed E-state index contributed by atoms with van der Waals surface area (Å²) < 4.78 is 0.